The minimum atomic E-state index is 0. The lowest BCUT2D eigenvalue weighted by Crippen LogP contribution is -2.34. The van der Waals surface area contributed by atoms with Crippen LogP contribution in [-0.4, -0.2) is 25.9 Å². The average Bonchev–Trinajstić information content (AvgIpc) is 2.30. The Hall–Kier alpha value is -0.770. The van der Waals surface area contributed by atoms with E-state index in [1.807, 2.05) is 32.0 Å². The van der Waals surface area contributed by atoms with Gasteiger partial charge in [-0.15, -0.1) is 12.4 Å². The summed E-state index contributed by atoms with van der Waals surface area (Å²) >= 11 is 0. The first-order valence-electron chi connectivity index (χ1n) is 5.84. The normalized spacial score (nSPS) is 19.8. The highest BCUT2D eigenvalue weighted by Crippen LogP contribution is 2.27. The SMILES string of the molecule is CC(C)Oc1ccccc1[C@H]1COCCN1.Cl. The molecule has 0 radical (unpaired) electrons. The summed E-state index contributed by atoms with van der Waals surface area (Å²) in [6, 6.07) is 8.42. The summed E-state index contributed by atoms with van der Waals surface area (Å²) in [4.78, 5) is 0. The summed E-state index contributed by atoms with van der Waals surface area (Å²) in [5.41, 5.74) is 1.19. The van der Waals surface area contributed by atoms with E-state index in [0.29, 0.717) is 0 Å². The topological polar surface area (TPSA) is 30.5 Å². The second-order valence-electron chi connectivity index (χ2n) is 4.29. The Labute approximate surface area is 109 Å². The monoisotopic (exact) mass is 257 g/mol. The highest BCUT2D eigenvalue weighted by Gasteiger charge is 2.18. The first-order valence-corrected chi connectivity index (χ1v) is 5.84. The molecule has 1 saturated heterocycles. The molecule has 0 aromatic heterocycles. The van der Waals surface area contributed by atoms with Crippen LogP contribution in [0.2, 0.25) is 0 Å². The third kappa shape index (κ3) is 3.87. The van der Waals surface area contributed by atoms with E-state index in [-0.39, 0.29) is 24.6 Å². The summed E-state index contributed by atoms with van der Waals surface area (Å²) in [5.74, 6) is 0.959. The van der Waals surface area contributed by atoms with E-state index >= 15 is 0 Å². The second-order valence-corrected chi connectivity index (χ2v) is 4.29. The zero-order valence-electron chi connectivity index (χ0n) is 10.3. The predicted octanol–water partition coefficient (Wildman–Crippen LogP) is 2.56. The summed E-state index contributed by atoms with van der Waals surface area (Å²) in [6.07, 6.45) is 0.200. The lowest BCUT2D eigenvalue weighted by Gasteiger charge is -2.26. The molecule has 0 amide bonds. The Morgan fingerprint density at radius 3 is 2.76 bits per heavy atom. The Bertz CT molecular complexity index is 338. The van der Waals surface area contributed by atoms with Gasteiger partial charge in [0.1, 0.15) is 5.75 Å². The molecule has 1 aliphatic rings. The van der Waals surface area contributed by atoms with Crippen molar-refractivity contribution in [3.8, 4) is 5.75 Å². The summed E-state index contributed by atoms with van der Waals surface area (Å²) < 4.78 is 11.3. The summed E-state index contributed by atoms with van der Waals surface area (Å²) in [5, 5.41) is 3.44. The molecule has 0 bridgehead atoms. The fourth-order valence-corrected chi connectivity index (χ4v) is 1.89. The molecule has 1 aliphatic heterocycles. The number of nitrogens with one attached hydrogen (secondary N) is 1. The van der Waals surface area contributed by atoms with Crippen LogP contribution in [0.4, 0.5) is 0 Å². The van der Waals surface area contributed by atoms with Gasteiger partial charge in [0.2, 0.25) is 0 Å². The molecule has 1 heterocycles. The fraction of sp³-hybridized carbons (Fsp3) is 0.538. The van der Waals surface area contributed by atoms with Crippen LogP contribution < -0.4 is 10.1 Å². The zero-order chi connectivity index (χ0) is 11.4. The molecule has 0 unspecified atom stereocenters. The summed E-state index contributed by atoms with van der Waals surface area (Å²) in [7, 11) is 0. The Morgan fingerprint density at radius 1 is 1.35 bits per heavy atom. The average molecular weight is 258 g/mol. The third-order valence-corrected chi connectivity index (χ3v) is 2.58. The first kappa shape index (κ1) is 14.3. The smallest absolute Gasteiger partial charge is 0.124 e. The van der Waals surface area contributed by atoms with Crippen LogP contribution in [0.25, 0.3) is 0 Å². The third-order valence-electron chi connectivity index (χ3n) is 2.58. The number of benzene rings is 1. The molecule has 1 atom stereocenters. The van der Waals surface area contributed by atoms with E-state index in [4.69, 9.17) is 9.47 Å². The van der Waals surface area contributed by atoms with Crippen molar-refractivity contribution < 1.29 is 9.47 Å². The minimum absolute atomic E-state index is 0. The molecule has 0 aliphatic carbocycles. The Balaban J connectivity index is 0.00000144. The van der Waals surface area contributed by atoms with Crippen molar-refractivity contribution in [1.82, 2.24) is 5.32 Å². The molecule has 17 heavy (non-hydrogen) atoms. The van der Waals surface area contributed by atoms with Crippen molar-refractivity contribution >= 4 is 12.4 Å². The van der Waals surface area contributed by atoms with Gasteiger partial charge in [0.25, 0.3) is 0 Å². The van der Waals surface area contributed by atoms with Crippen LogP contribution in [0.3, 0.4) is 0 Å². The highest BCUT2D eigenvalue weighted by molar-refractivity contribution is 5.85. The van der Waals surface area contributed by atoms with Gasteiger partial charge in [-0.25, -0.2) is 0 Å². The number of hydrogen-bond donors (Lipinski definition) is 1. The molecular formula is C13H20ClNO2. The molecule has 4 heteroatoms. The zero-order valence-corrected chi connectivity index (χ0v) is 11.1. The maximum Gasteiger partial charge on any atom is 0.124 e. The second kappa shape index (κ2) is 6.84. The standard InChI is InChI=1S/C13H19NO2.ClH/c1-10(2)16-13-6-4-3-5-11(13)12-9-15-8-7-14-12;/h3-6,10,12,14H,7-9H2,1-2H3;1H/t12-;/m1./s1. The lowest BCUT2D eigenvalue weighted by molar-refractivity contribution is 0.0753. The quantitative estimate of drug-likeness (QED) is 0.903. The number of rotatable bonds is 3. The van der Waals surface area contributed by atoms with Crippen LogP contribution in [0, 0.1) is 0 Å². The molecule has 0 spiro atoms. The van der Waals surface area contributed by atoms with Gasteiger partial charge in [-0.3, -0.25) is 0 Å². The van der Waals surface area contributed by atoms with Gasteiger partial charge in [-0.2, -0.15) is 0 Å². The van der Waals surface area contributed by atoms with Crippen molar-refractivity contribution in [2.75, 3.05) is 19.8 Å². The van der Waals surface area contributed by atoms with Crippen molar-refractivity contribution in [2.45, 2.75) is 26.0 Å². The van der Waals surface area contributed by atoms with E-state index in [1.165, 1.54) is 5.56 Å². The largest absolute Gasteiger partial charge is 0.491 e. The van der Waals surface area contributed by atoms with Gasteiger partial charge in [0.05, 0.1) is 25.4 Å². The number of morpholine rings is 1. The van der Waals surface area contributed by atoms with Gasteiger partial charge >= 0.3 is 0 Å². The Kier molecular flexibility index (Phi) is 5.75. The van der Waals surface area contributed by atoms with E-state index < -0.39 is 0 Å². The number of ether oxygens (including phenoxy) is 2. The highest BCUT2D eigenvalue weighted by atomic mass is 35.5. The van der Waals surface area contributed by atoms with Crippen LogP contribution in [-0.2, 0) is 4.74 Å². The van der Waals surface area contributed by atoms with E-state index in [0.717, 1.165) is 25.5 Å². The van der Waals surface area contributed by atoms with Crippen LogP contribution in [0.15, 0.2) is 24.3 Å². The predicted molar refractivity (Wildman–Crippen MR) is 71.0 cm³/mol. The van der Waals surface area contributed by atoms with E-state index in [2.05, 4.69) is 11.4 Å². The molecule has 1 aromatic carbocycles. The minimum Gasteiger partial charge on any atom is -0.491 e. The Morgan fingerprint density at radius 2 is 2.12 bits per heavy atom. The number of hydrogen-bond acceptors (Lipinski definition) is 3. The van der Waals surface area contributed by atoms with Crippen LogP contribution in [0.1, 0.15) is 25.5 Å². The molecule has 0 saturated carbocycles. The van der Waals surface area contributed by atoms with Crippen molar-refractivity contribution in [1.29, 1.82) is 0 Å². The summed E-state index contributed by atoms with van der Waals surface area (Å²) in [6.45, 7) is 6.51. The maximum atomic E-state index is 5.80. The van der Waals surface area contributed by atoms with E-state index in [1.54, 1.807) is 0 Å². The molecule has 2 rings (SSSR count). The molecule has 1 N–H and O–H groups in total. The van der Waals surface area contributed by atoms with Gasteiger partial charge in [0.15, 0.2) is 0 Å². The maximum absolute atomic E-state index is 5.80. The first-order chi connectivity index (χ1) is 7.77. The molecule has 1 aromatic rings. The van der Waals surface area contributed by atoms with Crippen molar-refractivity contribution in [3.05, 3.63) is 29.8 Å². The number of para-hydroxylation sites is 1. The van der Waals surface area contributed by atoms with E-state index in [9.17, 15) is 0 Å². The van der Waals surface area contributed by atoms with Crippen LogP contribution in [0.5, 0.6) is 5.75 Å². The van der Waals surface area contributed by atoms with Crippen molar-refractivity contribution in [2.24, 2.45) is 0 Å². The fourth-order valence-electron chi connectivity index (χ4n) is 1.89. The van der Waals surface area contributed by atoms with Crippen LogP contribution >= 0.6 is 12.4 Å². The molecule has 1 fully saturated rings. The number of halogens is 1. The molecule has 3 nitrogen and oxygen atoms in total. The van der Waals surface area contributed by atoms with Gasteiger partial charge in [-0.1, -0.05) is 18.2 Å². The lowest BCUT2D eigenvalue weighted by atomic mass is 10.1. The van der Waals surface area contributed by atoms with Gasteiger partial charge < -0.3 is 14.8 Å². The van der Waals surface area contributed by atoms with Gasteiger partial charge in [-0.05, 0) is 19.9 Å². The van der Waals surface area contributed by atoms with Crippen molar-refractivity contribution in [3.63, 3.8) is 0 Å². The van der Waals surface area contributed by atoms with Gasteiger partial charge in [0, 0.05) is 12.1 Å². The molecule has 96 valence electrons. The molecular weight excluding hydrogens is 238 g/mol.